The molecule has 0 radical (unpaired) electrons. The Kier molecular flexibility index (Phi) is 8.17. The van der Waals surface area contributed by atoms with Gasteiger partial charge in [-0.05, 0) is 44.0 Å². The molecule has 11 heteroatoms. The van der Waals surface area contributed by atoms with Gasteiger partial charge in [0.1, 0.15) is 5.82 Å². The van der Waals surface area contributed by atoms with Crippen LogP contribution in [0.15, 0.2) is 30.3 Å². The first-order valence-electron chi connectivity index (χ1n) is 11.5. The Balaban J connectivity index is 0.00000481. The predicted octanol–water partition coefficient (Wildman–Crippen LogP) is 4.45. The zero-order chi connectivity index (χ0) is 26.8. The molecule has 0 aliphatic carbocycles. The Hall–Kier alpha value is -2.89. The summed E-state index contributed by atoms with van der Waals surface area (Å²) in [6.45, 7) is 7.30. The van der Waals surface area contributed by atoms with Gasteiger partial charge in [-0.25, -0.2) is 27.1 Å². The maximum atomic E-state index is 13.7. The van der Waals surface area contributed by atoms with Crippen LogP contribution in [0.1, 0.15) is 59.1 Å². The molecular weight excluding hydrogens is 489 g/mol. The molecule has 1 aliphatic rings. The fourth-order valence-electron chi connectivity index (χ4n) is 3.99. The molecule has 1 aromatic carbocycles. The average molecular weight is 524 g/mol. The first-order chi connectivity index (χ1) is 16.7. The second-order valence-corrected chi connectivity index (χ2v) is 11.6. The summed E-state index contributed by atoms with van der Waals surface area (Å²) >= 11 is 0. The minimum Gasteiger partial charge on any atom is -0.481 e. The normalized spacial score (nSPS) is 20.1. The van der Waals surface area contributed by atoms with E-state index in [0.29, 0.717) is 28.9 Å². The summed E-state index contributed by atoms with van der Waals surface area (Å²) in [5.74, 6) is -2.45. The highest BCUT2D eigenvalue weighted by Gasteiger charge is 2.35. The Bertz CT molecular complexity index is 1250. The molecule has 9 nitrogen and oxygen atoms in total. The molecule has 1 aliphatic heterocycles. The summed E-state index contributed by atoms with van der Waals surface area (Å²) in [7, 11) is -2.25. The molecule has 0 unspecified atom stereocenters. The number of halogens is 1. The monoisotopic (exact) mass is 523 g/mol. The molecule has 1 fully saturated rings. The Labute approximate surface area is 212 Å². The highest BCUT2D eigenvalue weighted by molar-refractivity contribution is 7.92. The average Bonchev–Trinajstić information content (AvgIpc) is 2.75. The zero-order valence-corrected chi connectivity index (χ0v) is 22.0. The number of ether oxygens (including phenoxy) is 2. The van der Waals surface area contributed by atoms with E-state index < -0.39 is 39.8 Å². The van der Waals surface area contributed by atoms with Gasteiger partial charge >= 0.3 is 5.97 Å². The van der Waals surface area contributed by atoms with Gasteiger partial charge < -0.3 is 14.6 Å². The van der Waals surface area contributed by atoms with E-state index in [0.717, 1.165) is 10.6 Å². The van der Waals surface area contributed by atoms with Crippen molar-refractivity contribution in [3.8, 4) is 11.3 Å². The number of sulfonamides is 1. The van der Waals surface area contributed by atoms with Gasteiger partial charge in [0.25, 0.3) is 0 Å². The summed E-state index contributed by atoms with van der Waals surface area (Å²) in [4.78, 5) is 20.3. The van der Waals surface area contributed by atoms with Crippen molar-refractivity contribution in [1.29, 1.82) is 0 Å². The van der Waals surface area contributed by atoms with Crippen molar-refractivity contribution in [2.24, 2.45) is 0 Å². The van der Waals surface area contributed by atoms with Crippen LogP contribution in [-0.2, 0) is 24.3 Å². The van der Waals surface area contributed by atoms with Crippen molar-refractivity contribution in [3.05, 3.63) is 47.4 Å². The molecule has 198 valence electrons. The lowest BCUT2D eigenvalue weighted by Crippen LogP contribution is -2.44. The second-order valence-electron chi connectivity index (χ2n) is 9.55. The molecule has 36 heavy (non-hydrogen) atoms. The highest BCUT2D eigenvalue weighted by atomic mass is 32.2. The largest absolute Gasteiger partial charge is 0.481 e. The first kappa shape index (κ1) is 27.7. The number of carbonyl (C=O) groups is 1. The Morgan fingerprint density at radius 2 is 1.92 bits per heavy atom. The van der Waals surface area contributed by atoms with Gasteiger partial charge in [0, 0.05) is 26.0 Å². The highest BCUT2D eigenvalue weighted by Crippen LogP contribution is 2.33. The van der Waals surface area contributed by atoms with Crippen molar-refractivity contribution in [1.82, 2.24) is 9.97 Å². The van der Waals surface area contributed by atoms with E-state index in [1.807, 2.05) is 13.8 Å². The molecule has 1 aromatic heterocycles. The number of anilines is 1. The second kappa shape index (κ2) is 10.6. The number of aliphatic carboxylic acids is 1. The van der Waals surface area contributed by atoms with E-state index in [-0.39, 0.29) is 19.7 Å². The molecule has 0 saturated carbocycles. The zero-order valence-electron chi connectivity index (χ0n) is 21.2. The molecular formula is C25H34FN3O6S. The molecule has 1 N–H and O–H groups in total. The fourth-order valence-corrected chi connectivity index (χ4v) is 4.36. The number of benzene rings is 1. The van der Waals surface area contributed by atoms with Gasteiger partial charge in [0.2, 0.25) is 16.0 Å². The van der Waals surface area contributed by atoms with E-state index in [1.165, 1.54) is 19.2 Å². The smallest absolute Gasteiger partial charge is 0.305 e. The number of carboxylic acids is 1. The van der Waals surface area contributed by atoms with Crippen LogP contribution in [0.5, 0.6) is 0 Å². The third-order valence-electron chi connectivity index (χ3n) is 5.67. The van der Waals surface area contributed by atoms with Crippen molar-refractivity contribution in [3.63, 3.8) is 0 Å². The maximum absolute atomic E-state index is 13.7. The van der Waals surface area contributed by atoms with Crippen molar-refractivity contribution >= 4 is 28.0 Å². The van der Waals surface area contributed by atoms with Crippen LogP contribution in [0.25, 0.3) is 17.3 Å². The van der Waals surface area contributed by atoms with Crippen molar-refractivity contribution < 1.29 is 33.6 Å². The summed E-state index contributed by atoms with van der Waals surface area (Å²) < 4.78 is 50.8. The minimum absolute atomic E-state index is 0. The quantitative estimate of drug-likeness (QED) is 0.539. The molecule has 0 bridgehead atoms. The number of rotatable bonds is 8. The Morgan fingerprint density at radius 3 is 2.47 bits per heavy atom. The summed E-state index contributed by atoms with van der Waals surface area (Å²) in [6, 6.07) is 5.75. The van der Waals surface area contributed by atoms with E-state index in [4.69, 9.17) is 9.47 Å². The number of carboxylic acid groups (broad SMARTS) is 1. The summed E-state index contributed by atoms with van der Waals surface area (Å²) in [5, 5.41) is 9.21. The van der Waals surface area contributed by atoms with Crippen molar-refractivity contribution in [2.75, 3.05) is 17.6 Å². The lowest BCUT2D eigenvalue weighted by Gasteiger charge is -2.39. The van der Waals surface area contributed by atoms with Crippen LogP contribution in [0.3, 0.4) is 0 Å². The van der Waals surface area contributed by atoms with Crippen LogP contribution in [0, 0.1) is 5.82 Å². The van der Waals surface area contributed by atoms with Gasteiger partial charge in [-0.3, -0.25) is 4.79 Å². The topological polar surface area (TPSA) is 119 Å². The van der Waals surface area contributed by atoms with Gasteiger partial charge in [-0.15, -0.1) is 0 Å². The maximum Gasteiger partial charge on any atom is 0.305 e. The number of aromatic nitrogens is 2. The van der Waals surface area contributed by atoms with Gasteiger partial charge in [-0.1, -0.05) is 26.0 Å². The van der Waals surface area contributed by atoms with Gasteiger partial charge in [0.05, 0.1) is 36.3 Å². The molecule has 0 amide bonds. The minimum atomic E-state index is -3.63. The molecule has 3 rings (SSSR count). The number of nitrogens with zero attached hydrogens (tertiary/aromatic N) is 3. The molecule has 0 spiro atoms. The third-order valence-corrected chi connectivity index (χ3v) is 6.83. The van der Waals surface area contributed by atoms with Crippen LogP contribution < -0.4 is 4.31 Å². The third kappa shape index (κ3) is 6.86. The van der Waals surface area contributed by atoms with E-state index in [2.05, 4.69) is 9.97 Å². The summed E-state index contributed by atoms with van der Waals surface area (Å²) in [5.41, 5.74) is 2.24. The standard InChI is InChI=1S/C25H32FN3O6S.H2/c1-15(2)22-20(12-11-18-13-19(14-21(30)31)35-25(3,4)34-18)23(16-7-9-17(26)10-8-16)28-24(27-22)29(5)36(6,32)33;/h7-12,15,18-19H,13-14H2,1-6H3,(H,30,31);1H/b12-11+;/t18-,19-;/m1./s1. The SMILES string of the molecule is CC(C)c1nc(N(C)S(C)(=O)=O)nc(-c2ccc(F)cc2)c1/C=C/[C@@H]1C[C@H](CC(=O)O)OC(C)(C)O1.[HH]. The molecule has 2 atom stereocenters. The Morgan fingerprint density at radius 1 is 1.28 bits per heavy atom. The van der Waals surface area contributed by atoms with Crippen LogP contribution in [0.2, 0.25) is 0 Å². The predicted molar refractivity (Wildman–Crippen MR) is 137 cm³/mol. The van der Waals surface area contributed by atoms with Gasteiger partial charge in [0.15, 0.2) is 5.79 Å². The summed E-state index contributed by atoms with van der Waals surface area (Å²) in [6.07, 6.45) is 3.88. The first-order valence-corrected chi connectivity index (χ1v) is 13.4. The van der Waals surface area contributed by atoms with Gasteiger partial charge in [-0.2, -0.15) is 0 Å². The lowest BCUT2D eigenvalue weighted by atomic mass is 9.97. The van der Waals surface area contributed by atoms with Crippen LogP contribution in [0.4, 0.5) is 10.3 Å². The van der Waals surface area contributed by atoms with E-state index in [1.54, 1.807) is 38.1 Å². The molecule has 2 heterocycles. The van der Waals surface area contributed by atoms with E-state index in [9.17, 15) is 22.7 Å². The van der Waals surface area contributed by atoms with Crippen molar-refractivity contribution in [2.45, 2.75) is 64.4 Å². The van der Waals surface area contributed by atoms with E-state index >= 15 is 0 Å². The molecule has 2 aromatic rings. The fraction of sp³-hybridized carbons (Fsp3) is 0.480. The lowest BCUT2D eigenvalue weighted by molar-refractivity contribution is -0.290. The van der Waals surface area contributed by atoms with Crippen LogP contribution >= 0.6 is 0 Å². The number of hydrogen-bond donors (Lipinski definition) is 1. The number of hydrogen-bond acceptors (Lipinski definition) is 7. The molecule has 1 saturated heterocycles. The van der Waals surface area contributed by atoms with Crippen LogP contribution in [-0.4, -0.2) is 60.8 Å².